The summed E-state index contributed by atoms with van der Waals surface area (Å²) >= 11 is 1.51. The van der Waals surface area contributed by atoms with Crippen LogP contribution in [0.15, 0.2) is 58.1 Å². The Bertz CT molecular complexity index is 1120. The van der Waals surface area contributed by atoms with E-state index in [1.54, 1.807) is 6.07 Å². The van der Waals surface area contributed by atoms with Crippen molar-refractivity contribution >= 4 is 23.5 Å². The van der Waals surface area contributed by atoms with Crippen molar-refractivity contribution in [2.75, 3.05) is 51.3 Å². The minimum Gasteiger partial charge on any atom is -0.455 e. The first-order valence-electron chi connectivity index (χ1n) is 12.4. The van der Waals surface area contributed by atoms with Gasteiger partial charge < -0.3 is 19.4 Å². The zero-order chi connectivity index (χ0) is 25.3. The number of morpholine rings is 1. The van der Waals surface area contributed by atoms with Gasteiger partial charge in [-0.15, -0.1) is 0 Å². The van der Waals surface area contributed by atoms with Crippen molar-refractivity contribution in [1.82, 2.24) is 20.2 Å². The maximum absolute atomic E-state index is 12.5. The van der Waals surface area contributed by atoms with E-state index in [0.717, 1.165) is 56.7 Å². The predicted octanol–water partition coefficient (Wildman–Crippen LogP) is 4.18. The van der Waals surface area contributed by atoms with Gasteiger partial charge in [-0.1, -0.05) is 55.9 Å². The van der Waals surface area contributed by atoms with Crippen molar-refractivity contribution in [2.45, 2.75) is 37.2 Å². The van der Waals surface area contributed by atoms with Crippen molar-refractivity contribution in [1.29, 1.82) is 0 Å². The number of hydrogen-bond acceptors (Lipinski definition) is 8. The van der Waals surface area contributed by atoms with Crippen LogP contribution >= 0.6 is 11.8 Å². The number of anilines is 1. The molecule has 0 unspecified atom stereocenters. The van der Waals surface area contributed by atoms with Crippen LogP contribution < -0.4 is 10.2 Å². The molecule has 4 rings (SSSR count). The van der Waals surface area contributed by atoms with E-state index >= 15 is 0 Å². The number of rotatable bonds is 11. The molecule has 8 nitrogen and oxygen atoms in total. The molecule has 2 aromatic heterocycles. The van der Waals surface area contributed by atoms with Crippen LogP contribution in [0.3, 0.4) is 0 Å². The van der Waals surface area contributed by atoms with Crippen LogP contribution in [-0.2, 0) is 17.0 Å². The Morgan fingerprint density at radius 3 is 2.67 bits per heavy atom. The largest absolute Gasteiger partial charge is 0.455 e. The number of hydrogen-bond donors (Lipinski definition) is 1. The van der Waals surface area contributed by atoms with Gasteiger partial charge in [0.1, 0.15) is 11.6 Å². The van der Waals surface area contributed by atoms with Crippen molar-refractivity contribution in [3.05, 3.63) is 71.3 Å². The number of benzene rings is 1. The number of thioether (sulfide) groups is 1. The summed E-state index contributed by atoms with van der Waals surface area (Å²) < 4.78 is 11.2. The molecular formula is C27H35N5O3S. The van der Waals surface area contributed by atoms with Crippen LogP contribution in [0.4, 0.5) is 5.82 Å². The Morgan fingerprint density at radius 1 is 1.14 bits per heavy atom. The van der Waals surface area contributed by atoms with Gasteiger partial charge in [-0.2, -0.15) is 0 Å². The molecule has 0 radical (unpaired) electrons. The topological polar surface area (TPSA) is 83.7 Å². The van der Waals surface area contributed by atoms with Gasteiger partial charge in [-0.05, 0) is 23.6 Å². The molecule has 0 atom stereocenters. The summed E-state index contributed by atoms with van der Waals surface area (Å²) in [6, 6.07) is 16.0. The molecule has 1 N–H and O–H groups in total. The third-order valence-electron chi connectivity index (χ3n) is 6.00. The smallest absolute Gasteiger partial charge is 0.287 e. The van der Waals surface area contributed by atoms with E-state index in [9.17, 15) is 4.79 Å². The summed E-state index contributed by atoms with van der Waals surface area (Å²) in [7, 11) is 2.05. The van der Waals surface area contributed by atoms with E-state index in [4.69, 9.17) is 19.1 Å². The number of nitrogens with zero attached hydrogens (tertiary/aromatic N) is 4. The van der Waals surface area contributed by atoms with Gasteiger partial charge in [0.2, 0.25) is 0 Å². The number of ether oxygens (including phenoxy) is 1. The van der Waals surface area contributed by atoms with Crippen molar-refractivity contribution in [2.24, 2.45) is 0 Å². The fourth-order valence-electron chi connectivity index (χ4n) is 3.88. The van der Waals surface area contributed by atoms with Gasteiger partial charge in [-0.25, -0.2) is 9.97 Å². The molecule has 9 heteroatoms. The van der Waals surface area contributed by atoms with Crippen LogP contribution in [0, 0.1) is 0 Å². The lowest BCUT2D eigenvalue weighted by Crippen LogP contribution is -2.41. The van der Waals surface area contributed by atoms with Crippen molar-refractivity contribution in [3.63, 3.8) is 0 Å². The van der Waals surface area contributed by atoms with E-state index in [1.807, 2.05) is 31.3 Å². The van der Waals surface area contributed by atoms with Gasteiger partial charge in [0.15, 0.2) is 10.9 Å². The summed E-state index contributed by atoms with van der Waals surface area (Å²) in [6.07, 6.45) is 0. The van der Waals surface area contributed by atoms with Gasteiger partial charge >= 0.3 is 0 Å². The van der Waals surface area contributed by atoms with Crippen molar-refractivity contribution in [3.8, 4) is 0 Å². The Kier molecular flexibility index (Phi) is 9.38. The molecule has 0 spiro atoms. The van der Waals surface area contributed by atoms with E-state index < -0.39 is 0 Å². The minimum absolute atomic E-state index is 0.192. The number of carbonyl (C=O) groups excluding carboxylic acids is 1. The highest BCUT2D eigenvalue weighted by atomic mass is 32.2. The second-order valence-corrected chi connectivity index (χ2v) is 10.1. The molecule has 1 aromatic carbocycles. The number of carbonyl (C=O) groups is 1. The van der Waals surface area contributed by atoms with Crippen LogP contribution in [0.1, 0.15) is 47.3 Å². The Hall–Kier alpha value is -2.88. The summed E-state index contributed by atoms with van der Waals surface area (Å²) in [4.78, 5) is 26.5. The molecule has 3 heterocycles. The Labute approximate surface area is 217 Å². The molecule has 0 bridgehead atoms. The molecule has 192 valence electrons. The van der Waals surface area contributed by atoms with Crippen LogP contribution in [-0.4, -0.2) is 67.2 Å². The third kappa shape index (κ3) is 7.56. The number of amides is 1. The predicted molar refractivity (Wildman–Crippen MR) is 143 cm³/mol. The minimum atomic E-state index is -0.192. The maximum atomic E-state index is 12.5. The van der Waals surface area contributed by atoms with E-state index in [2.05, 4.69) is 47.2 Å². The zero-order valence-corrected chi connectivity index (χ0v) is 22.1. The second kappa shape index (κ2) is 12.9. The lowest BCUT2D eigenvalue weighted by molar-refractivity contribution is 0.0382. The van der Waals surface area contributed by atoms with Gasteiger partial charge in [0.05, 0.1) is 19.0 Å². The first-order chi connectivity index (χ1) is 17.5. The van der Waals surface area contributed by atoms with Crippen LogP contribution in [0.5, 0.6) is 0 Å². The third-order valence-corrected chi connectivity index (χ3v) is 6.87. The molecule has 0 saturated carbocycles. The molecule has 36 heavy (non-hydrogen) atoms. The molecule has 1 aliphatic rings. The monoisotopic (exact) mass is 509 g/mol. The molecule has 1 saturated heterocycles. The average molecular weight is 510 g/mol. The summed E-state index contributed by atoms with van der Waals surface area (Å²) in [6.45, 7) is 9.74. The summed E-state index contributed by atoms with van der Waals surface area (Å²) in [5.74, 6) is 2.57. The normalized spacial score (nSPS) is 14.2. The Balaban J connectivity index is 1.33. The molecule has 1 fully saturated rings. The van der Waals surface area contributed by atoms with Gasteiger partial charge in [0, 0.05) is 51.5 Å². The summed E-state index contributed by atoms with van der Waals surface area (Å²) in [5, 5.41) is 3.64. The van der Waals surface area contributed by atoms with Gasteiger partial charge in [0.25, 0.3) is 5.91 Å². The second-order valence-electron chi connectivity index (χ2n) is 9.19. The molecule has 1 amide bonds. The first kappa shape index (κ1) is 26.2. The zero-order valence-electron chi connectivity index (χ0n) is 21.3. The van der Waals surface area contributed by atoms with Crippen LogP contribution in [0.2, 0.25) is 0 Å². The maximum Gasteiger partial charge on any atom is 0.287 e. The number of nitrogens with one attached hydrogen (secondary N) is 1. The van der Waals surface area contributed by atoms with Crippen LogP contribution in [0.25, 0.3) is 0 Å². The highest BCUT2D eigenvalue weighted by Gasteiger charge is 2.15. The quantitative estimate of drug-likeness (QED) is 0.304. The van der Waals surface area contributed by atoms with E-state index in [-0.39, 0.29) is 11.8 Å². The molecule has 1 aliphatic heterocycles. The molecular weight excluding hydrogens is 474 g/mol. The van der Waals surface area contributed by atoms with Crippen molar-refractivity contribution < 1.29 is 13.9 Å². The average Bonchev–Trinajstić information content (AvgIpc) is 3.38. The molecule has 3 aromatic rings. The fourth-order valence-corrected chi connectivity index (χ4v) is 4.63. The highest BCUT2D eigenvalue weighted by Crippen LogP contribution is 2.26. The standard InChI is InChI=1S/C27H35N5O3S/c1-20(2)23-17-25(31(3)18-21-7-5-4-6-8-21)30-27(29-23)36-19-22-9-10-24(35-22)26(33)28-11-12-32-13-15-34-16-14-32/h4-10,17,20H,11-16,18-19H2,1-3H3,(H,28,33). The Morgan fingerprint density at radius 2 is 1.92 bits per heavy atom. The highest BCUT2D eigenvalue weighted by molar-refractivity contribution is 7.98. The fraction of sp³-hybridized carbons (Fsp3) is 0.444. The SMILES string of the molecule is CC(C)c1cc(N(C)Cc2ccccc2)nc(SCc2ccc(C(=O)NCCN3CCOCC3)o2)n1. The number of aromatic nitrogens is 2. The lowest BCUT2D eigenvalue weighted by atomic mass is 10.1. The number of furan rings is 1. The van der Waals surface area contributed by atoms with E-state index in [0.29, 0.717) is 23.2 Å². The lowest BCUT2D eigenvalue weighted by Gasteiger charge is -2.26. The first-order valence-corrected chi connectivity index (χ1v) is 13.4. The van der Waals surface area contributed by atoms with E-state index in [1.165, 1.54) is 17.3 Å². The molecule has 0 aliphatic carbocycles. The van der Waals surface area contributed by atoms with Gasteiger partial charge in [-0.3, -0.25) is 9.69 Å². The summed E-state index contributed by atoms with van der Waals surface area (Å²) in [5.41, 5.74) is 2.23.